The van der Waals surface area contributed by atoms with Crippen molar-refractivity contribution in [3.05, 3.63) is 23.3 Å². The number of nitrogens with two attached hydrogens (primary N) is 2. The Hall–Kier alpha value is -2.24. The summed E-state index contributed by atoms with van der Waals surface area (Å²) in [6.45, 7) is 0. The summed E-state index contributed by atoms with van der Waals surface area (Å²) in [4.78, 5) is 21.1. The molecule has 0 aliphatic rings. The molecule has 0 heterocycles. The fourth-order valence-electron chi connectivity index (χ4n) is 1.06. The molecule has 0 bridgehead atoms. The monoisotopic (exact) mass is 196 g/mol. The van der Waals surface area contributed by atoms with E-state index in [9.17, 15) is 9.59 Å². The van der Waals surface area contributed by atoms with Gasteiger partial charge in [-0.3, -0.25) is 0 Å². The van der Waals surface area contributed by atoms with Crippen LogP contribution in [0.1, 0.15) is 20.7 Å². The molecule has 0 aromatic heterocycles. The lowest BCUT2D eigenvalue weighted by Gasteiger charge is -2.05. The topological polar surface area (TPSA) is 127 Å². The number of aromatic carboxylic acids is 2. The first-order valence-electron chi connectivity index (χ1n) is 3.59. The minimum atomic E-state index is -1.28. The van der Waals surface area contributed by atoms with E-state index in [2.05, 4.69) is 0 Å². The third-order valence-electron chi connectivity index (χ3n) is 1.66. The normalized spacial score (nSPS) is 9.71. The van der Waals surface area contributed by atoms with Crippen LogP contribution in [-0.4, -0.2) is 22.2 Å². The standard InChI is InChI=1S/C8H8N2O4/c9-4-1-3(7(11)12)2-5(10)6(4)8(13)14/h1-2H,9-10H2,(H,11,12)(H,13,14). The van der Waals surface area contributed by atoms with Gasteiger partial charge < -0.3 is 21.7 Å². The lowest BCUT2D eigenvalue weighted by atomic mass is 10.1. The molecule has 0 unspecified atom stereocenters. The number of rotatable bonds is 2. The van der Waals surface area contributed by atoms with E-state index >= 15 is 0 Å². The lowest BCUT2D eigenvalue weighted by molar-refractivity contribution is 0.0683. The van der Waals surface area contributed by atoms with Crippen LogP contribution in [0.3, 0.4) is 0 Å². The predicted molar refractivity (Wildman–Crippen MR) is 49.2 cm³/mol. The highest BCUT2D eigenvalue weighted by Gasteiger charge is 2.15. The van der Waals surface area contributed by atoms with Crippen LogP contribution < -0.4 is 11.5 Å². The summed E-state index contributed by atoms with van der Waals surface area (Å²) in [5.74, 6) is -2.49. The second-order valence-corrected chi connectivity index (χ2v) is 2.64. The van der Waals surface area contributed by atoms with E-state index < -0.39 is 11.9 Å². The molecule has 1 aromatic rings. The second-order valence-electron chi connectivity index (χ2n) is 2.64. The van der Waals surface area contributed by atoms with E-state index in [1.807, 2.05) is 0 Å². The zero-order valence-corrected chi connectivity index (χ0v) is 7.02. The molecule has 0 amide bonds. The molecule has 1 aromatic carbocycles. The summed E-state index contributed by atoms with van der Waals surface area (Å²) in [6.07, 6.45) is 0. The molecule has 6 heteroatoms. The van der Waals surface area contributed by atoms with Gasteiger partial charge in [0.05, 0.1) is 5.56 Å². The van der Waals surface area contributed by atoms with Gasteiger partial charge in [-0.05, 0) is 12.1 Å². The summed E-state index contributed by atoms with van der Waals surface area (Å²) >= 11 is 0. The highest BCUT2D eigenvalue weighted by atomic mass is 16.4. The van der Waals surface area contributed by atoms with Crippen molar-refractivity contribution >= 4 is 23.3 Å². The van der Waals surface area contributed by atoms with Crippen LogP contribution in [0.25, 0.3) is 0 Å². The van der Waals surface area contributed by atoms with Gasteiger partial charge in [0.2, 0.25) is 0 Å². The summed E-state index contributed by atoms with van der Waals surface area (Å²) in [5.41, 5.74) is 9.96. The Bertz CT molecular complexity index is 391. The van der Waals surface area contributed by atoms with Crippen molar-refractivity contribution in [2.45, 2.75) is 0 Å². The Balaban J connectivity index is 3.39. The summed E-state index contributed by atoms with van der Waals surface area (Å²) < 4.78 is 0. The second kappa shape index (κ2) is 3.25. The minimum absolute atomic E-state index is 0.134. The Morgan fingerprint density at radius 3 is 1.71 bits per heavy atom. The van der Waals surface area contributed by atoms with Gasteiger partial charge >= 0.3 is 11.9 Å². The van der Waals surface area contributed by atoms with Gasteiger partial charge in [-0.25, -0.2) is 9.59 Å². The highest BCUT2D eigenvalue weighted by molar-refractivity contribution is 6.02. The molecule has 0 aliphatic carbocycles. The molecule has 0 atom stereocenters. The van der Waals surface area contributed by atoms with E-state index in [0.717, 1.165) is 12.1 Å². The number of carbonyl (C=O) groups is 2. The fraction of sp³-hybridized carbons (Fsp3) is 0. The quantitative estimate of drug-likeness (QED) is 0.502. The number of carboxylic acids is 2. The van der Waals surface area contributed by atoms with E-state index in [0.29, 0.717) is 0 Å². The van der Waals surface area contributed by atoms with Gasteiger partial charge in [-0.15, -0.1) is 0 Å². The Morgan fingerprint density at radius 1 is 1.00 bits per heavy atom. The number of anilines is 2. The van der Waals surface area contributed by atoms with E-state index in [1.165, 1.54) is 0 Å². The van der Waals surface area contributed by atoms with E-state index in [1.54, 1.807) is 0 Å². The van der Waals surface area contributed by atoms with Gasteiger partial charge in [0.25, 0.3) is 0 Å². The maximum atomic E-state index is 10.6. The zero-order valence-electron chi connectivity index (χ0n) is 7.02. The number of hydrogen-bond acceptors (Lipinski definition) is 4. The van der Waals surface area contributed by atoms with Gasteiger partial charge in [-0.1, -0.05) is 0 Å². The van der Waals surface area contributed by atoms with E-state index in [-0.39, 0.29) is 22.5 Å². The molecule has 0 radical (unpaired) electrons. The van der Waals surface area contributed by atoms with E-state index in [4.69, 9.17) is 21.7 Å². The maximum absolute atomic E-state index is 10.6. The average molecular weight is 196 g/mol. The van der Waals surface area contributed by atoms with Gasteiger partial charge in [0.1, 0.15) is 5.56 Å². The molecule has 14 heavy (non-hydrogen) atoms. The summed E-state index contributed by atoms with van der Waals surface area (Å²) in [5, 5.41) is 17.3. The zero-order chi connectivity index (χ0) is 10.9. The highest BCUT2D eigenvalue weighted by Crippen LogP contribution is 2.21. The molecule has 1 rings (SSSR count). The van der Waals surface area contributed by atoms with Crippen LogP contribution >= 0.6 is 0 Å². The maximum Gasteiger partial charge on any atom is 0.339 e. The SMILES string of the molecule is Nc1cc(C(=O)O)cc(N)c1C(=O)O. The molecule has 0 saturated carbocycles. The molecule has 74 valence electrons. The minimum Gasteiger partial charge on any atom is -0.478 e. The molecular weight excluding hydrogens is 188 g/mol. The van der Waals surface area contributed by atoms with Crippen molar-refractivity contribution in [3.8, 4) is 0 Å². The van der Waals surface area contributed by atoms with Crippen LogP contribution in [-0.2, 0) is 0 Å². The average Bonchev–Trinajstić information content (AvgIpc) is 2.01. The van der Waals surface area contributed by atoms with Gasteiger partial charge in [-0.2, -0.15) is 0 Å². The largest absolute Gasteiger partial charge is 0.478 e. The third-order valence-corrected chi connectivity index (χ3v) is 1.66. The molecule has 0 spiro atoms. The first-order chi connectivity index (χ1) is 6.43. The van der Waals surface area contributed by atoms with Crippen molar-refractivity contribution in [2.24, 2.45) is 0 Å². The van der Waals surface area contributed by atoms with Crippen molar-refractivity contribution in [1.82, 2.24) is 0 Å². The third kappa shape index (κ3) is 1.58. The van der Waals surface area contributed by atoms with Crippen LogP contribution in [0.15, 0.2) is 12.1 Å². The number of hydrogen-bond donors (Lipinski definition) is 4. The first-order valence-corrected chi connectivity index (χ1v) is 3.59. The molecular formula is C8H8N2O4. The Labute approximate surface area is 78.8 Å². The van der Waals surface area contributed by atoms with Crippen LogP contribution in [0, 0.1) is 0 Å². The van der Waals surface area contributed by atoms with Crippen molar-refractivity contribution in [1.29, 1.82) is 0 Å². The van der Waals surface area contributed by atoms with Gasteiger partial charge in [0, 0.05) is 11.4 Å². The van der Waals surface area contributed by atoms with Crippen LogP contribution in [0.4, 0.5) is 11.4 Å². The number of nitrogen functional groups attached to an aromatic ring is 2. The van der Waals surface area contributed by atoms with Gasteiger partial charge in [0.15, 0.2) is 0 Å². The van der Waals surface area contributed by atoms with Crippen LogP contribution in [0.2, 0.25) is 0 Å². The first kappa shape index (κ1) is 9.85. The van der Waals surface area contributed by atoms with Crippen molar-refractivity contribution in [3.63, 3.8) is 0 Å². The molecule has 0 saturated heterocycles. The van der Waals surface area contributed by atoms with Crippen molar-refractivity contribution in [2.75, 3.05) is 11.5 Å². The molecule has 0 aliphatic heterocycles. The molecule has 0 fully saturated rings. The number of benzene rings is 1. The predicted octanol–water partition coefficient (Wildman–Crippen LogP) is 0.247. The Morgan fingerprint density at radius 2 is 1.43 bits per heavy atom. The fourth-order valence-corrected chi connectivity index (χ4v) is 1.06. The summed E-state index contributed by atoms with van der Waals surface area (Å²) in [7, 11) is 0. The van der Waals surface area contributed by atoms with Crippen LogP contribution in [0.5, 0.6) is 0 Å². The lowest BCUT2D eigenvalue weighted by Crippen LogP contribution is -2.09. The Kier molecular flexibility index (Phi) is 2.29. The number of carboxylic acid groups (broad SMARTS) is 2. The molecule has 6 nitrogen and oxygen atoms in total. The van der Waals surface area contributed by atoms with Crippen molar-refractivity contribution < 1.29 is 19.8 Å². The smallest absolute Gasteiger partial charge is 0.339 e. The molecule has 6 N–H and O–H groups in total. The summed E-state index contributed by atoms with van der Waals surface area (Å²) in [6, 6.07) is 2.12.